The van der Waals surface area contributed by atoms with Crippen LogP contribution in [0.2, 0.25) is 5.82 Å². The highest BCUT2D eigenvalue weighted by Gasteiger charge is 2.44. The number of unbranched alkanes of at least 4 members (excludes halogenated alkanes) is 1. The first-order valence-electron chi connectivity index (χ1n) is 9.73. The van der Waals surface area contributed by atoms with Crippen molar-refractivity contribution < 1.29 is 9.31 Å². The summed E-state index contributed by atoms with van der Waals surface area (Å²) in [6, 6.07) is 0. The highest BCUT2D eigenvalue weighted by Crippen LogP contribution is 2.43. The number of hydrogen-bond donors (Lipinski definition) is 0. The van der Waals surface area contributed by atoms with Crippen molar-refractivity contribution in [2.75, 3.05) is 0 Å². The Kier molecular flexibility index (Phi) is 6.70. The fourth-order valence-corrected chi connectivity index (χ4v) is 5.36. The molecule has 3 aliphatic rings. The molecule has 5 atom stereocenters. The average molecular weight is 371 g/mol. The van der Waals surface area contributed by atoms with Crippen LogP contribution >= 0.6 is 15.9 Å². The van der Waals surface area contributed by atoms with Crippen molar-refractivity contribution >= 4 is 23.0 Å². The molecule has 1 saturated heterocycles. The van der Waals surface area contributed by atoms with Gasteiger partial charge in [-0.3, -0.25) is 0 Å². The summed E-state index contributed by atoms with van der Waals surface area (Å²) in [6.45, 7) is 2.29. The highest BCUT2D eigenvalue weighted by atomic mass is 79.9. The second kappa shape index (κ2) is 8.53. The summed E-state index contributed by atoms with van der Waals surface area (Å²) in [6.07, 6.45) is 16.5. The minimum Gasteiger partial charge on any atom is -0.408 e. The van der Waals surface area contributed by atoms with E-state index in [1.807, 2.05) is 0 Å². The van der Waals surface area contributed by atoms with Crippen molar-refractivity contribution in [3.05, 3.63) is 0 Å². The van der Waals surface area contributed by atoms with E-state index in [9.17, 15) is 0 Å². The van der Waals surface area contributed by atoms with Gasteiger partial charge in [0.05, 0.1) is 6.10 Å². The minimum absolute atomic E-state index is 0.0639. The number of fused-ring (bicyclic) bond motifs is 1. The molecule has 3 fully saturated rings. The van der Waals surface area contributed by atoms with Crippen LogP contribution < -0.4 is 0 Å². The molecule has 0 bridgehead atoms. The van der Waals surface area contributed by atoms with Crippen LogP contribution in [0, 0.1) is 5.92 Å². The topological polar surface area (TPSA) is 18.5 Å². The molecule has 3 rings (SSSR count). The molecule has 1 unspecified atom stereocenters. The Morgan fingerprint density at radius 2 is 1.86 bits per heavy atom. The monoisotopic (exact) mass is 370 g/mol. The van der Waals surface area contributed by atoms with Crippen LogP contribution in [0.3, 0.4) is 0 Å². The summed E-state index contributed by atoms with van der Waals surface area (Å²) in [5.41, 5.74) is 0. The minimum atomic E-state index is 0.0639. The van der Waals surface area contributed by atoms with Gasteiger partial charge >= 0.3 is 7.12 Å². The van der Waals surface area contributed by atoms with Crippen LogP contribution in [0.4, 0.5) is 0 Å². The van der Waals surface area contributed by atoms with E-state index in [1.165, 1.54) is 77.0 Å². The number of halogens is 1. The molecule has 0 amide bonds. The molecule has 1 heterocycles. The first-order valence-corrected chi connectivity index (χ1v) is 10.6. The third kappa shape index (κ3) is 4.30. The van der Waals surface area contributed by atoms with Crippen LogP contribution in [-0.4, -0.2) is 24.2 Å². The lowest BCUT2D eigenvalue weighted by atomic mass is 9.59. The maximum atomic E-state index is 6.53. The molecule has 0 aromatic heterocycles. The van der Waals surface area contributed by atoms with Crippen molar-refractivity contribution in [2.24, 2.45) is 5.92 Å². The summed E-state index contributed by atoms with van der Waals surface area (Å²) in [4.78, 5) is 0.528. The van der Waals surface area contributed by atoms with E-state index in [0.717, 1.165) is 5.92 Å². The van der Waals surface area contributed by atoms with Gasteiger partial charge in [0.1, 0.15) is 0 Å². The Balaban J connectivity index is 1.62. The van der Waals surface area contributed by atoms with Crippen molar-refractivity contribution in [3.63, 3.8) is 0 Å². The number of hydrogen-bond acceptors (Lipinski definition) is 2. The Bertz CT molecular complexity index is 341. The molecule has 2 nitrogen and oxygen atoms in total. The average Bonchev–Trinajstić information content (AvgIpc) is 2.55. The lowest BCUT2D eigenvalue weighted by molar-refractivity contribution is 0.00658. The van der Waals surface area contributed by atoms with Gasteiger partial charge < -0.3 is 9.31 Å². The van der Waals surface area contributed by atoms with Gasteiger partial charge in [-0.05, 0) is 43.8 Å². The first-order chi connectivity index (χ1) is 10.8. The van der Waals surface area contributed by atoms with Gasteiger partial charge in [-0.1, -0.05) is 67.8 Å². The van der Waals surface area contributed by atoms with E-state index in [2.05, 4.69) is 22.9 Å². The van der Waals surface area contributed by atoms with Crippen molar-refractivity contribution in [3.8, 4) is 0 Å². The summed E-state index contributed by atoms with van der Waals surface area (Å²) in [7, 11) is 0.0639. The molecule has 0 spiro atoms. The van der Waals surface area contributed by atoms with E-state index in [-0.39, 0.29) is 7.12 Å². The quantitative estimate of drug-likeness (QED) is 0.454. The molecule has 0 aromatic rings. The van der Waals surface area contributed by atoms with E-state index in [1.54, 1.807) is 0 Å². The third-order valence-electron chi connectivity index (χ3n) is 6.00. The van der Waals surface area contributed by atoms with Gasteiger partial charge in [0.2, 0.25) is 0 Å². The fraction of sp³-hybridized carbons (Fsp3) is 1.00. The Morgan fingerprint density at radius 3 is 2.68 bits per heavy atom. The second-order valence-electron chi connectivity index (χ2n) is 7.70. The zero-order valence-corrected chi connectivity index (χ0v) is 15.7. The van der Waals surface area contributed by atoms with E-state index in [0.29, 0.717) is 22.9 Å². The highest BCUT2D eigenvalue weighted by molar-refractivity contribution is 9.09. The number of alkyl halides is 1. The van der Waals surface area contributed by atoms with Crippen LogP contribution in [0.15, 0.2) is 0 Å². The summed E-state index contributed by atoms with van der Waals surface area (Å²) < 4.78 is 13.0. The molecule has 4 heteroatoms. The summed E-state index contributed by atoms with van der Waals surface area (Å²) in [5, 5.41) is 0. The van der Waals surface area contributed by atoms with E-state index in [4.69, 9.17) is 9.31 Å². The van der Waals surface area contributed by atoms with Gasteiger partial charge in [-0.25, -0.2) is 0 Å². The van der Waals surface area contributed by atoms with Gasteiger partial charge in [-0.2, -0.15) is 0 Å². The predicted molar refractivity (Wildman–Crippen MR) is 96.5 cm³/mol. The molecular weight excluding hydrogens is 339 g/mol. The third-order valence-corrected chi connectivity index (χ3v) is 7.05. The molecule has 0 radical (unpaired) electrons. The van der Waals surface area contributed by atoms with Crippen LogP contribution in [0.1, 0.15) is 84.0 Å². The second-order valence-corrected chi connectivity index (χ2v) is 8.88. The molecule has 2 aliphatic carbocycles. The lowest BCUT2D eigenvalue weighted by Gasteiger charge is -2.43. The zero-order chi connectivity index (χ0) is 15.4. The van der Waals surface area contributed by atoms with Gasteiger partial charge in [0.25, 0.3) is 0 Å². The van der Waals surface area contributed by atoms with Crippen LogP contribution in [-0.2, 0) is 9.31 Å². The van der Waals surface area contributed by atoms with Gasteiger partial charge in [0, 0.05) is 10.9 Å². The van der Waals surface area contributed by atoms with Crippen LogP contribution in [0.5, 0.6) is 0 Å². The van der Waals surface area contributed by atoms with E-state index < -0.39 is 0 Å². The summed E-state index contributed by atoms with van der Waals surface area (Å²) >= 11 is 3.84. The van der Waals surface area contributed by atoms with Crippen molar-refractivity contribution in [1.82, 2.24) is 0 Å². The van der Waals surface area contributed by atoms with Crippen molar-refractivity contribution in [1.29, 1.82) is 0 Å². The Hall–Kier alpha value is 0.465. The molecule has 1 aliphatic heterocycles. The smallest absolute Gasteiger partial charge is 0.408 e. The Morgan fingerprint density at radius 1 is 1.09 bits per heavy atom. The molecule has 0 aromatic carbocycles. The van der Waals surface area contributed by atoms with E-state index >= 15 is 0 Å². The predicted octanol–water partition coefficient (Wildman–Crippen LogP) is 5.74. The standard InChI is InChI=1S/C18H32BBrO2/c1-2-3-9-15-13-14-8-4-6-11-17(14)21-19(15)22-18-12-7-5-10-16(18)20/h14-18H,2-13H2,1H3/t14-,15?,16-,17-,18-/m1/s1. The lowest BCUT2D eigenvalue weighted by Crippen LogP contribution is -2.47. The first kappa shape index (κ1) is 17.3. The van der Waals surface area contributed by atoms with Gasteiger partial charge in [0.15, 0.2) is 0 Å². The SMILES string of the molecule is CCCCC1C[C@H]2CCCC[C@H]2OB1O[C@@H]1CCCC[C@H]1Br. The zero-order valence-electron chi connectivity index (χ0n) is 14.1. The largest absolute Gasteiger partial charge is 0.460 e. The van der Waals surface area contributed by atoms with Crippen molar-refractivity contribution in [2.45, 2.75) is 107 Å². The normalized spacial score (nSPS) is 39.5. The van der Waals surface area contributed by atoms with Crippen LogP contribution in [0.25, 0.3) is 0 Å². The molecule has 22 heavy (non-hydrogen) atoms. The fourth-order valence-electron chi connectivity index (χ4n) is 4.65. The molecule has 126 valence electrons. The maximum absolute atomic E-state index is 6.53. The molecule has 2 saturated carbocycles. The number of rotatable bonds is 5. The Labute approximate surface area is 145 Å². The summed E-state index contributed by atoms with van der Waals surface area (Å²) in [5.74, 6) is 1.43. The molecule has 0 N–H and O–H groups in total. The maximum Gasteiger partial charge on any atom is 0.460 e. The van der Waals surface area contributed by atoms with Gasteiger partial charge in [-0.15, -0.1) is 0 Å². The molecular formula is C18H32BBrO2.